The van der Waals surface area contributed by atoms with Gasteiger partial charge in [-0.3, -0.25) is 4.68 Å². The summed E-state index contributed by atoms with van der Waals surface area (Å²) in [6, 6.07) is 3.87. The highest BCUT2D eigenvalue weighted by atomic mass is 35.5. The summed E-state index contributed by atoms with van der Waals surface area (Å²) in [6.07, 6.45) is 1.68. The Morgan fingerprint density at radius 2 is 2.26 bits per heavy atom. The molecule has 0 aliphatic carbocycles. The van der Waals surface area contributed by atoms with Gasteiger partial charge in [-0.05, 0) is 26.0 Å². The van der Waals surface area contributed by atoms with Crippen LogP contribution in [-0.2, 0) is 12.9 Å². The predicted molar refractivity (Wildman–Crippen MR) is 73.3 cm³/mol. The van der Waals surface area contributed by atoms with E-state index < -0.39 is 0 Å². The fourth-order valence-corrected chi connectivity index (χ4v) is 2.69. The van der Waals surface area contributed by atoms with Crippen LogP contribution < -0.4 is 0 Å². The summed E-state index contributed by atoms with van der Waals surface area (Å²) in [7, 11) is 1.92. The van der Waals surface area contributed by atoms with Crippen LogP contribution in [0.15, 0.2) is 22.8 Å². The zero-order chi connectivity index (χ0) is 13.6. The molecule has 1 unspecified atom stereocenters. The van der Waals surface area contributed by atoms with Crippen LogP contribution in [0.1, 0.15) is 30.2 Å². The van der Waals surface area contributed by atoms with Crippen molar-refractivity contribution in [2.75, 3.05) is 0 Å². The van der Waals surface area contributed by atoms with Crippen LogP contribution in [0.5, 0.6) is 0 Å². The van der Waals surface area contributed by atoms with Gasteiger partial charge in [0.05, 0.1) is 23.9 Å². The fourth-order valence-electron chi connectivity index (χ4n) is 2.50. The smallest absolute Gasteiger partial charge is 0.159 e. The minimum absolute atomic E-state index is 0.0311. The monoisotopic (exact) mass is 278 g/mol. The van der Waals surface area contributed by atoms with Gasteiger partial charge in [-0.2, -0.15) is 5.10 Å². The summed E-state index contributed by atoms with van der Waals surface area (Å²) >= 11 is 6.03. The van der Waals surface area contributed by atoms with Crippen LogP contribution in [0.3, 0.4) is 0 Å². The summed E-state index contributed by atoms with van der Waals surface area (Å²) in [5.74, 6) is 2.07. The molecule has 3 aromatic rings. The maximum Gasteiger partial charge on any atom is 0.159 e. The summed E-state index contributed by atoms with van der Waals surface area (Å²) in [5.41, 5.74) is 2.78. The summed E-state index contributed by atoms with van der Waals surface area (Å²) in [5, 5.41) is 4.41. The number of alkyl halides is 1. The lowest BCUT2D eigenvalue weighted by molar-refractivity contribution is 0.443. The van der Waals surface area contributed by atoms with E-state index in [0.717, 1.165) is 28.4 Å². The molecular formula is C13H15ClN4O. The number of furan rings is 1. The molecule has 0 spiro atoms. The topological polar surface area (TPSA) is 48.8 Å². The van der Waals surface area contributed by atoms with Crippen LogP contribution >= 0.6 is 11.6 Å². The van der Waals surface area contributed by atoms with Crippen LogP contribution in [-0.4, -0.2) is 19.3 Å². The van der Waals surface area contributed by atoms with Crippen molar-refractivity contribution in [3.05, 3.63) is 35.7 Å². The van der Waals surface area contributed by atoms with Gasteiger partial charge in [0, 0.05) is 7.05 Å². The summed E-state index contributed by atoms with van der Waals surface area (Å²) in [4.78, 5) is 4.59. The number of hydrogen-bond acceptors (Lipinski definition) is 3. The maximum absolute atomic E-state index is 6.03. The Labute approximate surface area is 115 Å². The summed E-state index contributed by atoms with van der Waals surface area (Å²) in [6.45, 7) is 4.02. The Morgan fingerprint density at radius 3 is 2.89 bits per heavy atom. The molecule has 0 amide bonds. The first-order valence-corrected chi connectivity index (χ1v) is 6.66. The quantitative estimate of drug-likeness (QED) is 0.692. The molecule has 0 aliphatic heterocycles. The van der Waals surface area contributed by atoms with Gasteiger partial charge in [-0.25, -0.2) is 4.98 Å². The Bertz CT molecular complexity index is 711. The molecule has 0 fully saturated rings. The summed E-state index contributed by atoms with van der Waals surface area (Å²) < 4.78 is 9.42. The molecule has 19 heavy (non-hydrogen) atoms. The van der Waals surface area contributed by atoms with Crippen molar-refractivity contribution in [2.24, 2.45) is 7.05 Å². The van der Waals surface area contributed by atoms with Crippen molar-refractivity contribution >= 4 is 22.8 Å². The Balaban J connectivity index is 2.26. The average molecular weight is 279 g/mol. The van der Waals surface area contributed by atoms with Crippen LogP contribution in [0, 0.1) is 6.92 Å². The number of aryl methyl sites for hydroxylation is 2. The van der Waals surface area contributed by atoms with E-state index in [1.165, 1.54) is 0 Å². The molecule has 0 aromatic carbocycles. The van der Waals surface area contributed by atoms with Crippen molar-refractivity contribution in [1.82, 2.24) is 19.3 Å². The van der Waals surface area contributed by atoms with Gasteiger partial charge in [0.1, 0.15) is 17.1 Å². The van der Waals surface area contributed by atoms with E-state index in [-0.39, 0.29) is 6.04 Å². The Hall–Kier alpha value is -1.75. The minimum atomic E-state index is 0.0311. The number of rotatable bonds is 3. The molecule has 5 nitrogen and oxygen atoms in total. The van der Waals surface area contributed by atoms with E-state index in [4.69, 9.17) is 16.0 Å². The lowest BCUT2D eigenvalue weighted by Gasteiger charge is -2.14. The molecule has 1 atom stereocenters. The number of halogens is 1. The van der Waals surface area contributed by atoms with Gasteiger partial charge in [0.15, 0.2) is 5.65 Å². The van der Waals surface area contributed by atoms with Crippen LogP contribution in [0.2, 0.25) is 0 Å². The number of aromatic nitrogens is 4. The number of hydrogen-bond donors (Lipinski definition) is 0. The van der Waals surface area contributed by atoms with E-state index in [2.05, 4.69) is 21.6 Å². The van der Waals surface area contributed by atoms with E-state index in [1.807, 2.05) is 30.8 Å². The molecule has 3 heterocycles. The zero-order valence-electron chi connectivity index (χ0n) is 11.1. The van der Waals surface area contributed by atoms with Gasteiger partial charge in [-0.1, -0.05) is 0 Å². The van der Waals surface area contributed by atoms with E-state index in [0.29, 0.717) is 5.88 Å². The molecule has 3 rings (SSSR count). The van der Waals surface area contributed by atoms with Crippen molar-refractivity contribution in [2.45, 2.75) is 25.8 Å². The number of imidazole rings is 1. The SMILES string of the molecule is Cc1nn(C)c2c1nc(CCl)n2C(C)c1ccco1. The molecule has 0 saturated carbocycles. The van der Waals surface area contributed by atoms with Crippen LogP contribution in [0.25, 0.3) is 11.2 Å². The first-order valence-electron chi connectivity index (χ1n) is 6.13. The van der Waals surface area contributed by atoms with Crippen molar-refractivity contribution in [1.29, 1.82) is 0 Å². The molecule has 100 valence electrons. The third-order valence-corrected chi connectivity index (χ3v) is 3.61. The highest BCUT2D eigenvalue weighted by molar-refractivity contribution is 6.16. The van der Waals surface area contributed by atoms with E-state index in [1.54, 1.807) is 6.26 Å². The molecule has 0 aliphatic rings. The van der Waals surface area contributed by atoms with Crippen molar-refractivity contribution in [3.63, 3.8) is 0 Å². The minimum Gasteiger partial charge on any atom is -0.467 e. The van der Waals surface area contributed by atoms with E-state index >= 15 is 0 Å². The lowest BCUT2D eigenvalue weighted by atomic mass is 10.2. The number of fused-ring (bicyclic) bond motifs is 1. The number of nitrogens with zero attached hydrogens (tertiary/aromatic N) is 4. The zero-order valence-corrected chi connectivity index (χ0v) is 11.8. The molecule has 0 saturated heterocycles. The second-order valence-corrected chi connectivity index (χ2v) is 4.87. The third kappa shape index (κ3) is 1.76. The Kier molecular flexibility index (Phi) is 2.86. The standard InChI is InChI=1S/C13H15ClN4O/c1-8-12-13(17(3)16-8)18(11(7-14)15-12)9(2)10-5-4-6-19-10/h4-6,9H,7H2,1-3H3. The maximum atomic E-state index is 6.03. The van der Waals surface area contributed by atoms with Gasteiger partial charge >= 0.3 is 0 Å². The van der Waals surface area contributed by atoms with Gasteiger partial charge in [0.25, 0.3) is 0 Å². The molecule has 0 N–H and O–H groups in total. The fraction of sp³-hybridized carbons (Fsp3) is 0.385. The highest BCUT2D eigenvalue weighted by Gasteiger charge is 2.22. The third-order valence-electron chi connectivity index (χ3n) is 3.37. The van der Waals surface area contributed by atoms with Gasteiger partial charge < -0.3 is 8.98 Å². The van der Waals surface area contributed by atoms with Gasteiger partial charge in [-0.15, -0.1) is 11.6 Å². The molecule has 3 aromatic heterocycles. The van der Waals surface area contributed by atoms with Crippen molar-refractivity contribution < 1.29 is 4.42 Å². The van der Waals surface area contributed by atoms with Gasteiger partial charge in [0.2, 0.25) is 0 Å². The molecule has 0 radical (unpaired) electrons. The molecule has 6 heteroatoms. The predicted octanol–water partition coefficient (Wildman–Crippen LogP) is 3.02. The second kappa shape index (κ2) is 4.42. The largest absolute Gasteiger partial charge is 0.467 e. The Morgan fingerprint density at radius 1 is 1.47 bits per heavy atom. The highest BCUT2D eigenvalue weighted by Crippen LogP contribution is 2.28. The molecular weight excluding hydrogens is 264 g/mol. The van der Waals surface area contributed by atoms with Crippen molar-refractivity contribution in [3.8, 4) is 0 Å². The first kappa shape index (κ1) is 12.3. The first-order chi connectivity index (χ1) is 9.13. The second-order valence-electron chi connectivity index (χ2n) is 4.60. The van der Waals surface area contributed by atoms with Crippen LogP contribution in [0.4, 0.5) is 0 Å². The lowest BCUT2D eigenvalue weighted by Crippen LogP contribution is -2.11. The average Bonchev–Trinajstić information content (AvgIpc) is 3.08. The molecule has 0 bridgehead atoms. The normalized spacial score (nSPS) is 13.3. The van der Waals surface area contributed by atoms with E-state index in [9.17, 15) is 0 Å².